The third-order valence-corrected chi connectivity index (χ3v) is 4.17. The second-order valence-corrected chi connectivity index (χ2v) is 5.18. The molecule has 0 heterocycles. The number of rotatable bonds is 1. The smallest absolute Gasteiger partial charge is 0.144 e. The fourth-order valence-corrected chi connectivity index (χ4v) is 3.33. The number of allylic oxidation sites excluding steroid dienone is 2. The highest BCUT2D eigenvalue weighted by molar-refractivity contribution is 7.81. The first-order chi connectivity index (χ1) is 9.06. The lowest BCUT2D eigenvalue weighted by Gasteiger charge is -2.16. The summed E-state index contributed by atoms with van der Waals surface area (Å²) in [5.41, 5.74) is 5.26. The Morgan fingerprint density at radius 3 is 2.32 bits per heavy atom. The molecule has 1 aromatic rings. The number of benzene rings is 1. The molecule has 0 fully saturated rings. The van der Waals surface area contributed by atoms with E-state index in [-0.39, 0.29) is 5.92 Å². The van der Waals surface area contributed by atoms with E-state index in [9.17, 15) is 10.5 Å². The van der Waals surface area contributed by atoms with Crippen LogP contribution in [0.5, 0.6) is 0 Å². The second-order valence-electron chi connectivity index (χ2n) is 4.77. The zero-order chi connectivity index (χ0) is 14.2. The Morgan fingerprint density at radius 1 is 1.21 bits per heavy atom. The SMILES string of the molecule is C/C=C1/C(=S)c2c(C)ccc(C)c2C1C(C#N)C#N. The van der Waals surface area contributed by atoms with E-state index in [1.54, 1.807) is 0 Å². The van der Waals surface area contributed by atoms with Gasteiger partial charge in [-0.15, -0.1) is 0 Å². The monoisotopic (exact) mass is 266 g/mol. The van der Waals surface area contributed by atoms with Gasteiger partial charge in [0.25, 0.3) is 0 Å². The second kappa shape index (κ2) is 4.96. The fourth-order valence-electron chi connectivity index (χ4n) is 2.81. The van der Waals surface area contributed by atoms with Crippen LogP contribution < -0.4 is 0 Å². The van der Waals surface area contributed by atoms with Crippen molar-refractivity contribution in [2.24, 2.45) is 5.92 Å². The molecule has 1 unspecified atom stereocenters. The topological polar surface area (TPSA) is 47.6 Å². The molecule has 2 nitrogen and oxygen atoms in total. The maximum Gasteiger partial charge on any atom is 0.144 e. The standard InChI is InChI=1S/C16H14N2S/c1-4-12-15(11(7-17)8-18)13-9(2)5-6-10(3)14(13)16(12)19/h4-6,11,15H,1-3H3/b12-4+. The van der Waals surface area contributed by atoms with Crippen LogP contribution in [0.15, 0.2) is 23.8 Å². The molecule has 1 aliphatic carbocycles. The summed E-state index contributed by atoms with van der Waals surface area (Å²) in [5.74, 6) is -0.895. The van der Waals surface area contributed by atoms with Crippen molar-refractivity contribution in [1.82, 2.24) is 0 Å². The first kappa shape index (κ1) is 13.5. The number of hydrogen-bond donors (Lipinski definition) is 0. The molecule has 1 atom stereocenters. The summed E-state index contributed by atoms with van der Waals surface area (Å²) < 4.78 is 0. The van der Waals surface area contributed by atoms with Crippen LogP contribution in [0.3, 0.4) is 0 Å². The molecular formula is C16H14N2S. The summed E-state index contributed by atoms with van der Waals surface area (Å²) in [4.78, 5) is 0.791. The van der Waals surface area contributed by atoms with Crippen molar-refractivity contribution in [1.29, 1.82) is 10.5 Å². The number of nitrogens with zero attached hydrogens (tertiary/aromatic N) is 2. The Morgan fingerprint density at radius 2 is 1.79 bits per heavy atom. The Balaban J connectivity index is 2.79. The zero-order valence-corrected chi connectivity index (χ0v) is 12.0. The molecule has 0 amide bonds. The largest absolute Gasteiger partial charge is 0.197 e. The predicted octanol–water partition coefficient (Wildman–Crippen LogP) is 3.73. The van der Waals surface area contributed by atoms with Crippen molar-refractivity contribution in [2.45, 2.75) is 26.7 Å². The number of nitriles is 2. The van der Waals surface area contributed by atoms with Crippen LogP contribution in [0.2, 0.25) is 0 Å². The highest BCUT2D eigenvalue weighted by atomic mass is 32.1. The van der Waals surface area contributed by atoms with Gasteiger partial charge in [0, 0.05) is 10.8 Å². The van der Waals surface area contributed by atoms with Crippen molar-refractivity contribution in [2.75, 3.05) is 0 Å². The molecule has 3 heteroatoms. The van der Waals surface area contributed by atoms with E-state index in [0.29, 0.717) is 0 Å². The lowest BCUT2D eigenvalue weighted by atomic mass is 9.84. The highest BCUT2D eigenvalue weighted by Crippen LogP contribution is 2.45. The Labute approximate surface area is 119 Å². The summed E-state index contributed by atoms with van der Waals surface area (Å²) in [7, 11) is 0. The van der Waals surface area contributed by atoms with Gasteiger partial charge in [0.1, 0.15) is 5.92 Å². The molecule has 0 saturated heterocycles. The number of fused-ring (bicyclic) bond motifs is 1. The Bertz CT molecular complexity index is 657. The normalized spacial score (nSPS) is 19.4. The molecule has 0 aliphatic heterocycles. The van der Waals surface area contributed by atoms with Crippen LogP contribution in [0.1, 0.15) is 35.1 Å². The lowest BCUT2D eigenvalue weighted by molar-refractivity contribution is 0.722. The minimum atomic E-state index is -0.689. The van der Waals surface area contributed by atoms with Gasteiger partial charge in [0.2, 0.25) is 0 Å². The average molecular weight is 266 g/mol. The minimum absolute atomic E-state index is 0.206. The van der Waals surface area contributed by atoms with Gasteiger partial charge in [-0.3, -0.25) is 0 Å². The zero-order valence-electron chi connectivity index (χ0n) is 11.2. The van der Waals surface area contributed by atoms with Crippen molar-refractivity contribution in [3.05, 3.63) is 46.0 Å². The van der Waals surface area contributed by atoms with Crippen LogP contribution in [0.4, 0.5) is 0 Å². The van der Waals surface area contributed by atoms with Gasteiger partial charge in [0.05, 0.1) is 12.1 Å². The minimum Gasteiger partial charge on any atom is -0.197 e. The molecular weight excluding hydrogens is 252 g/mol. The molecule has 94 valence electrons. The molecule has 19 heavy (non-hydrogen) atoms. The first-order valence-corrected chi connectivity index (χ1v) is 6.57. The molecule has 0 bridgehead atoms. The number of thiocarbonyl (C=S) groups is 1. The van der Waals surface area contributed by atoms with Gasteiger partial charge in [-0.2, -0.15) is 10.5 Å². The molecule has 0 spiro atoms. The van der Waals surface area contributed by atoms with E-state index in [1.165, 1.54) is 0 Å². The van der Waals surface area contributed by atoms with Crippen molar-refractivity contribution < 1.29 is 0 Å². The van der Waals surface area contributed by atoms with Gasteiger partial charge in [0.15, 0.2) is 0 Å². The summed E-state index contributed by atoms with van der Waals surface area (Å²) in [6, 6.07) is 8.29. The van der Waals surface area contributed by atoms with Crippen molar-refractivity contribution >= 4 is 17.1 Å². The summed E-state index contributed by atoms with van der Waals surface area (Å²) in [5, 5.41) is 18.5. The van der Waals surface area contributed by atoms with Gasteiger partial charge in [-0.1, -0.05) is 30.4 Å². The van der Waals surface area contributed by atoms with Crippen LogP contribution in [0.25, 0.3) is 0 Å². The van der Waals surface area contributed by atoms with Gasteiger partial charge < -0.3 is 0 Å². The van der Waals surface area contributed by atoms with E-state index >= 15 is 0 Å². The van der Waals surface area contributed by atoms with E-state index in [0.717, 1.165) is 32.7 Å². The average Bonchev–Trinajstić information content (AvgIpc) is 2.70. The quantitative estimate of drug-likeness (QED) is 0.575. The van der Waals surface area contributed by atoms with E-state index in [2.05, 4.69) is 12.1 Å². The van der Waals surface area contributed by atoms with E-state index in [1.807, 2.05) is 39.0 Å². The van der Waals surface area contributed by atoms with Gasteiger partial charge >= 0.3 is 0 Å². The molecule has 0 N–H and O–H groups in total. The van der Waals surface area contributed by atoms with Crippen LogP contribution in [0, 0.1) is 42.4 Å². The Hall–Kier alpha value is -1.97. The highest BCUT2D eigenvalue weighted by Gasteiger charge is 2.38. The maximum atomic E-state index is 9.23. The van der Waals surface area contributed by atoms with Crippen LogP contribution in [-0.2, 0) is 0 Å². The third-order valence-electron chi connectivity index (χ3n) is 3.73. The maximum absolute atomic E-state index is 9.23. The molecule has 0 aromatic heterocycles. The van der Waals surface area contributed by atoms with Crippen LogP contribution in [-0.4, -0.2) is 4.86 Å². The number of aryl methyl sites for hydroxylation is 2. The predicted molar refractivity (Wildman–Crippen MR) is 78.8 cm³/mol. The van der Waals surface area contributed by atoms with E-state index < -0.39 is 5.92 Å². The van der Waals surface area contributed by atoms with Gasteiger partial charge in [-0.25, -0.2) is 0 Å². The van der Waals surface area contributed by atoms with E-state index in [4.69, 9.17) is 12.2 Å². The molecule has 1 aliphatic rings. The summed E-state index contributed by atoms with van der Waals surface area (Å²) >= 11 is 5.55. The van der Waals surface area contributed by atoms with Gasteiger partial charge in [-0.05, 0) is 48.6 Å². The van der Waals surface area contributed by atoms with Crippen molar-refractivity contribution in [3.63, 3.8) is 0 Å². The number of hydrogen-bond acceptors (Lipinski definition) is 3. The molecule has 1 aromatic carbocycles. The molecule has 2 rings (SSSR count). The van der Waals surface area contributed by atoms with Crippen molar-refractivity contribution in [3.8, 4) is 12.1 Å². The Kier molecular flexibility index (Phi) is 3.51. The fraction of sp³-hybridized carbons (Fsp3) is 0.312. The lowest BCUT2D eigenvalue weighted by Crippen LogP contribution is -2.10. The third kappa shape index (κ3) is 1.87. The summed E-state index contributed by atoms with van der Waals surface area (Å²) in [6.45, 7) is 5.95. The summed E-state index contributed by atoms with van der Waals surface area (Å²) in [6.07, 6.45) is 1.94. The molecule has 0 radical (unpaired) electrons. The van der Waals surface area contributed by atoms with Crippen LogP contribution >= 0.6 is 12.2 Å². The molecule has 0 saturated carbocycles. The first-order valence-electron chi connectivity index (χ1n) is 6.17.